The maximum atomic E-state index is 10.5. The molecular formula is C15H21NO3. The molecule has 0 atom stereocenters. The molecule has 1 aliphatic heterocycles. The summed E-state index contributed by atoms with van der Waals surface area (Å²) in [7, 11) is 3.35. The standard InChI is InChI=1S/C15H21NO3/c1-18-14-11-13(16-7-3-4-8-16)15(19-2)10-12(14)6-5-9-17/h9-11H,3-8H2,1-2H3. The van der Waals surface area contributed by atoms with Crippen LogP contribution in [-0.4, -0.2) is 33.6 Å². The number of anilines is 1. The molecule has 0 radical (unpaired) electrons. The zero-order valence-corrected chi connectivity index (χ0v) is 11.6. The van der Waals surface area contributed by atoms with Crippen molar-refractivity contribution in [2.45, 2.75) is 25.7 Å². The van der Waals surface area contributed by atoms with E-state index in [0.717, 1.165) is 42.1 Å². The topological polar surface area (TPSA) is 38.8 Å². The second-order valence-electron chi connectivity index (χ2n) is 4.74. The van der Waals surface area contributed by atoms with Gasteiger partial charge in [0, 0.05) is 25.6 Å². The quantitative estimate of drug-likeness (QED) is 0.739. The van der Waals surface area contributed by atoms with Gasteiger partial charge in [0.2, 0.25) is 0 Å². The smallest absolute Gasteiger partial charge is 0.142 e. The average Bonchev–Trinajstić information content (AvgIpc) is 2.98. The molecule has 0 aromatic heterocycles. The normalized spacial score (nSPS) is 14.5. The van der Waals surface area contributed by atoms with Crippen LogP contribution < -0.4 is 14.4 Å². The van der Waals surface area contributed by atoms with Gasteiger partial charge in [-0.25, -0.2) is 0 Å². The van der Waals surface area contributed by atoms with Crippen LogP contribution in [0.5, 0.6) is 11.5 Å². The molecule has 0 aliphatic carbocycles. The number of ether oxygens (including phenoxy) is 2. The summed E-state index contributed by atoms with van der Waals surface area (Å²) in [5, 5.41) is 0. The average molecular weight is 263 g/mol. The first-order valence-corrected chi connectivity index (χ1v) is 6.73. The molecule has 1 heterocycles. The first-order chi connectivity index (χ1) is 9.30. The molecule has 0 N–H and O–H groups in total. The Hall–Kier alpha value is -1.71. The van der Waals surface area contributed by atoms with E-state index < -0.39 is 0 Å². The predicted molar refractivity (Wildman–Crippen MR) is 75.4 cm³/mol. The summed E-state index contributed by atoms with van der Waals surface area (Å²) >= 11 is 0. The zero-order valence-electron chi connectivity index (χ0n) is 11.6. The van der Waals surface area contributed by atoms with Gasteiger partial charge in [-0.1, -0.05) is 0 Å². The summed E-state index contributed by atoms with van der Waals surface area (Å²) in [4.78, 5) is 12.9. The molecule has 19 heavy (non-hydrogen) atoms. The van der Waals surface area contributed by atoms with Crippen molar-refractivity contribution in [3.05, 3.63) is 17.7 Å². The fraction of sp³-hybridized carbons (Fsp3) is 0.533. The van der Waals surface area contributed by atoms with E-state index in [1.807, 2.05) is 12.1 Å². The van der Waals surface area contributed by atoms with Crippen molar-refractivity contribution in [2.75, 3.05) is 32.2 Å². The van der Waals surface area contributed by atoms with E-state index in [9.17, 15) is 4.79 Å². The molecule has 1 saturated heterocycles. The summed E-state index contributed by atoms with van der Waals surface area (Å²) in [6, 6.07) is 4.03. The summed E-state index contributed by atoms with van der Waals surface area (Å²) in [5.74, 6) is 1.70. The Balaban J connectivity index is 2.34. The number of nitrogens with zero attached hydrogens (tertiary/aromatic N) is 1. The molecular weight excluding hydrogens is 242 g/mol. The minimum absolute atomic E-state index is 0.503. The van der Waals surface area contributed by atoms with Gasteiger partial charge >= 0.3 is 0 Å². The molecule has 4 nitrogen and oxygen atoms in total. The summed E-state index contributed by atoms with van der Waals surface area (Å²) in [6.07, 6.45) is 4.56. The molecule has 0 unspecified atom stereocenters. The van der Waals surface area contributed by atoms with Gasteiger partial charge in [0.1, 0.15) is 17.8 Å². The van der Waals surface area contributed by atoms with Crippen molar-refractivity contribution in [2.24, 2.45) is 0 Å². The van der Waals surface area contributed by atoms with Crippen LogP contribution >= 0.6 is 0 Å². The Labute approximate surface area is 114 Å². The van der Waals surface area contributed by atoms with Gasteiger partial charge in [-0.3, -0.25) is 0 Å². The molecule has 1 aliphatic rings. The molecule has 1 aromatic carbocycles. The first kappa shape index (κ1) is 13.7. The summed E-state index contributed by atoms with van der Waals surface area (Å²) in [5.41, 5.74) is 2.11. The second-order valence-corrected chi connectivity index (χ2v) is 4.74. The number of methoxy groups -OCH3 is 2. The third-order valence-corrected chi connectivity index (χ3v) is 3.56. The van der Waals surface area contributed by atoms with Crippen molar-refractivity contribution in [3.63, 3.8) is 0 Å². The van der Waals surface area contributed by atoms with Gasteiger partial charge in [-0.05, 0) is 30.9 Å². The number of rotatable bonds is 6. The molecule has 1 fully saturated rings. The van der Waals surface area contributed by atoms with Gasteiger partial charge in [-0.15, -0.1) is 0 Å². The molecule has 0 bridgehead atoms. The minimum atomic E-state index is 0.503. The molecule has 0 spiro atoms. The SMILES string of the molecule is COc1cc(N2CCCC2)c(OC)cc1CCC=O. The third-order valence-electron chi connectivity index (χ3n) is 3.56. The van der Waals surface area contributed by atoms with Gasteiger partial charge < -0.3 is 19.2 Å². The maximum Gasteiger partial charge on any atom is 0.142 e. The van der Waals surface area contributed by atoms with Crippen molar-refractivity contribution in [1.82, 2.24) is 0 Å². The third kappa shape index (κ3) is 3.00. The first-order valence-electron chi connectivity index (χ1n) is 6.73. The highest BCUT2D eigenvalue weighted by Crippen LogP contribution is 2.37. The Morgan fingerprint density at radius 1 is 1.16 bits per heavy atom. The van der Waals surface area contributed by atoms with Gasteiger partial charge in [0.25, 0.3) is 0 Å². The molecule has 0 amide bonds. The Morgan fingerprint density at radius 3 is 2.42 bits per heavy atom. The van der Waals surface area contributed by atoms with E-state index in [-0.39, 0.29) is 0 Å². The number of aryl methyl sites for hydroxylation is 1. The molecule has 0 saturated carbocycles. The van der Waals surface area contributed by atoms with Crippen molar-refractivity contribution in [3.8, 4) is 11.5 Å². The fourth-order valence-corrected chi connectivity index (χ4v) is 2.56. The van der Waals surface area contributed by atoms with Crippen LogP contribution in [0.2, 0.25) is 0 Å². The molecule has 4 heteroatoms. The lowest BCUT2D eigenvalue weighted by Crippen LogP contribution is -2.18. The van der Waals surface area contributed by atoms with E-state index in [4.69, 9.17) is 9.47 Å². The van der Waals surface area contributed by atoms with Gasteiger partial charge in [0.05, 0.1) is 19.9 Å². The van der Waals surface area contributed by atoms with E-state index in [2.05, 4.69) is 4.90 Å². The number of hydrogen-bond acceptors (Lipinski definition) is 4. The van der Waals surface area contributed by atoms with Crippen LogP contribution in [-0.2, 0) is 11.2 Å². The highest BCUT2D eigenvalue weighted by atomic mass is 16.5. The number of hydrogen-bond donors (Lipinski definition) is 0. The highest BCUT2D eigenvalue weighted by molar-refractivity contribution is 5.65. The van der Waals surface area contributed by atoms with E-state index in [0.29, 0.717) is 12.8 Å². The van der Waals surface area contributed by atoms with Crippen LogP contribution in [0.1, 0.15) is 24.8 Å². The number of aldehydes is 1. The molecule has 104 valence electrons. The molecule has 2 rings (SSSR count). The highest BCUT2D eigenvalue weighted by Gasteiger charge is 2.19. The van der Waals surface area contributed by atoms with Gasteiger partial charge in [-0.2, -0.15) is 0 Å². The summed E-state index contributed by atoms with van der Waals surface area (Å²) in [6.45, 7) is 2.13. The maximum absolute atomic E-state index is 10.5. The van der Waals surface area contributed by atoms with Crippen molar-refractivity contribution in [1.29, 1.82) is 0 Å². The lowest BCUT2D eigenvalue weighted by molar-refractivity contribution is -0.107. The van der Waals surface area contributed by atoms with Crippen LogP contribution in [0.3, 0.4) is 0 Å². The minimum Gasteiger partial charge on any atom is -0.496 e. The Kier molecular flexibility index (Phi) is 4.66. The lowest BCUT2D eigenvalue weighted by atomic mass is 10.1. The van der Waals surface area contributed by atoms with Gasteiger partial charge in [0.15, 0.2) is 0 Å². The lowest BCUT2D eigenvalue weighted by Gasteiger charge is -2.22. The number of carbonyl (C=O) groups excluding carboxylic acids is 1. The Morgan fingerprint density at radius 2 is 1.84 bits per heavy atom. The number of carbonyl (C=O) groups is 1. The molecule has 1 aromatic rings. The summed E-state index contributed by atoms with van der Waals surface area (Å²) < 4.78 is 10.9. The number of benzene rings is 1. The van der Waals surface area contributed by atoms with Crippen molar-refractivity contribution >= 4 is 12.0 Å². The predicted octanol–water partition coefficient (Wildman–Crippen LogP) is 2.44. The van der Waals surface area contributed by atoms with E-state index >= 15 is 0 Å². The zero-order chi connectivity index (χ0) is 13.7. The fourth-order valence-electron chi connectivity index (χ4n) is 2.56. The van der Waals surface area contributed by atoms with E-state index in [1.54, 1.807) is 14.2 Å². The van der Waals surface area contributed by atoms with Crippen LogP contribution in [0.4, 0.5) is 5.69 Å². The second kappa shape index (κ2) is 6.45. The van der Waals surface area contributed by atoms with E-state index in [1.165, 1.54) is 12.8 Å². The Bertz CT molecular complexity index is 439. The van der Waals surface area contributed by atoms with Crippen LogP contribution in [0.25, 0.3) is 0 Å². The van der Waals surface area contributed by atoms with Crippen molar-refractivity contribution < 1.29 is 14.3 Å². The van der Waals surface area contributed by atoms with Crippen LogP contribution in [0.15, 0.2) is 12.1 Å². The monoisotopic (exact) mass is 263 g/mol. The van der Waals surface area contributed by atoms with Crippen LogP contribution in [0, 0.1) is 0 Å². The largest absolute Gasteiger partial charge is 0.496 e.